The second kappa shape index (κ2) is 5.63. The zero-order valence-electron chi connectivity index (χ0n) is 9.47. The van der Waals surface area contributed by atoms with Crippen LogP contribution in [0.1, 0.15) is 29.8 Å². The molecule has 4 heteroatoms. The SMILES string of the molecule is CC(O)[C@H](C)NC(=O)c1ccccc1CO. The summed E-state index contributed by atoms with van der Waals surface area (Å²) in [6.07, 6.45) is -0.606. The van der Waals surface area contributed by atoms with Gasteiger partial charge in [0.2, 0.25) is 0 Å². The highest BCUT2D eigenvalue weighted by atomic mass is 16.3. The number of aliphatic hydroxyl groups is 2. The van der Waals surface area contributed by atoms with Crippen LogP contribution in [0.5, 0.6) is 0 Å². The van der Waals surface area contributed by atoms with Crippen LogP contribution in [0.3, 0.4) is 0 Å². The van der Waals surface area contributed by atoms with Gasteiger partial charge in [0.15, 0.2) is 0 Å². The van der Waals surface area contributed by atoms with Gasteiger partial charge in [-0.15, -0.1) is 0 Å². The summed E-state index contributed by atoms with van der Waals surface area (Å²) in [4.78, 5) is 11.8. The van der Waals surface area contributed by atoms with Crippen molar-refractivity contribution in [2.45, 2.75) is 32.6 Å². The first kappa shape index (κ1) is 12.7. The van der Waals surface area contributed by atoms with E-state index in [0.717, 1.165) is 0 Å². The lowest BCUT2D eigenvalue weighted by Gasteiger charge is -2.17. The van der Waals surface area contributed by atoms with Gasteiger partial charge in [-0.25, -0.2) is 0 Å². The second-order valence-corrected chi connectivity index (χ2v) is 3.82. The van der Waals surface area contributed by atoms with Gasteiger partial charge in [-0.2, -0.15) is 0 Å². The maximum atomic E-state index is 11.8. The average molecular weight is 223 g/mol. The van der Waals surface area contributed by atoms with E-state index >= 15 is 0 Å². The summed E-state index contributed by atoms with van der Waals surface area (Å²) < 4.78 is 0. The fraction of sp³-hybridized carbons (Fsp3) is 0.417. The van der Waals surface area contributed by atoms with Crippen molar-refractivity contribution in [1.29, 1.82) is 0 Å². The number of benzene rings is 1. The highest BCUT2D eigenvalue weighted by Crippen LogP contribution is 2.09. The van der Waals surface area contributed by atoms with Crippen LogP contribution in [0.4, 0.5) is 0 Å². The smallest absolute Gasteiger partial charge is 0.251 e. The fourth-order valence-corrected chi connectivity index (χ4v) is 1.28. The molecule has 0 fully saturated rings. The predicted molar refractivity (Wildman–Crippen MR) is 61.0 cm³/mol. The molecule has 0 saturated carbocycles. The van der Waals surface area contributed by atoms with E-state index in [1.165, 1.54) is 0 Å². The lowest BCUT2D eigenvalue weighted by Crippen LogP contribution is -2.40. The third-order valence-corrected chi connectivity index (χ3v) is 2.51. The quantitative estimate of drug-likeness (QED) is 0.703. The van der Waals surface area contributed by atoms with Gasteiger partial charge in [-0.3, -0.25) is 4.79 Å². The zero-order valence-corrected chi connectivity index (χ0v) is 9.47. The van der Waals surface area contributed by atoms with E-state index in [9.17, 15) is 9.90 Å². The van der Waals surface area contributed by atoms with E-state index in [0.29, 0.717) is 11.1 Å². The van der Waals surface area contributed by atoms with Crippen molar-refractivity contribution in [2.75, 3.05) is 0 Å². The van der Waals surface area contributed by atoms with Crippen LogP contribution < -0.4 is 5.32 Å². The molecule has 0 aromatic heterocycles. The second-order valence-electron chi connectivity index (χ2n) is 3.82. The summed E-state index contributed by atoms with van der Waals surface area (Å²) in [6.45, 7) is 3.17. The van der Waals surface area contributed by atoms with Gasteiger partial charge in [0, 0.05) is 5.56 Å². The minimum Gasteiger partial charge on any atom is -0.392 e. The Kier molecular flexibility index (Phi) is 4.46. The number of rotatable bonds is 4. The first-order valence-corrected chi connectivity index (χ1v) is 5.24. The number of amides is 1. The molecule has 0 bridgehead atoms. The monoisotopic (exact) mass is 223 g/mol. The maximum Gasteiger partial charge on any atom is 0.251 e. The molecule has 0 heterocycles. The van der Waals surface area contributed by atoms with Gasteiger partial charge in [0.05, 0.1) is 18.8 Å². The maximum absolute atomic E-state index is 11.8. The molecule has 2 atom stereocenters. The van der Waals surface area contributed by atoms with Gasteiger partial charge >= 0.3 is 0 Å². The van der Waals surface area contributed by atoms with Crippen LogP contribution in [-0.2, 0) is 6.61 Å². The Bertz CT molecular complexity index is 363. The van der Waals surface area contributed by atoms with Crippen molar-refractivity contribution in [1.82, 2.24) is 5.32 Å². The Morgan fingerprint density at radius 1 is 1.38 bits per heavy atom. The van der Waals surface area contributed by atoms with E-state index in [2.05, 4.69) is 5.32 Å². The van der Waals surface area contributed by atoms with E-state index < -0.39 is 6.10 Å². The molecule has 88 valence electrons. The van der Waals surface area contributed by atoms with Gasteiger partial charge in [-0.1, -0.05) is 18.2 Å². The summed E-state index contributed by atoms with van der Waals surface area (Å²) in [5, 5.41) is 21.0. The molecule has 0 radical (unpaired) electrons. The topological polar surface area (TPSA) is 69.6 Å². The van der Waals surface area contributed by atoms with Crippen molar-refractivity contribution in [3.05, 3.63) is 35.4 Å². The van der Waals surface area contributed by atoms with Gasteiger partial charge < -0.3 is 15.5 Å². The van der Waals surface area contributed by atoms with Crippen molar-refractivity contribution >= 4 is 5.91 Å². The Labute approximate surface area is 94.9 Å². The van der Waals surface area contributed by atoms with Crippen LogP contribution >= 0.6 is 0 Å². The molecular formula is C12H17NO3. The minimum absolute atomic E-state index is 0.174. The van der Waals surface area contributed by atoms with Crippen LogP contribution in [0.15, 0.2) is 24.3 Å². The molecule has 1 unspecified atom stereocenters. The van der Waals surface area contributed by atoms with Crippen molar-refractivity contribution in [2.24, 2.45) is 0 Å². The Morgan fingerprint density at radius 2 is 2.00 bits per heavy atom. The van der Waals surface area contributed by atoms with Gasteiger partial charge in [0.1, 0.15) is 0 Å². The van der Waals surface area contributed by atoms with Crippen LogP contribution in [0.25, 0.3) is 0 Å². The van der Waals surface area contributed by atoms with Crippen LogP contribution in [-0.4, -0.2) is 28.3 Å². The number of aliphatic hydroxyl groups excluding tert-OH is 2. The van der Waals surface area contributed by atoms with Crippen LogP contribution in [0, 0.1) is 0 Å². The molecule has 16 heavy (non-hydrogen) atoms. The standard InChI is InChI=1S/C12H17NO3/c1-8(9(2)15)13-12(16)11-6-4-3-5-10(11)7-14/h3-6,8-9,14-15H,7H2,1-2H3,(H,13,16)/t8-,9?/m0/s1. The molecule has 4 nitrogen and oxygen atoms in total. The predicted octanol–water partition coefficient (Wildman–Crippen LogP) is 0.678. The lowest BCUT2D eigenvalue weighted by molar-refractivity contribution is 0.0871. The summed E-state index contributed by atoms with van der Waals surface area (Å²) in [5.74, 6) is -0.280. The molecule has 1 aromatic carbocycles. The molecule has 1 rings (SSSR count). The molecule has 0 aliphatic heterocycles. The fourth-order valence-electron chi connectivity index (χ4n) is 1.28. The highest BCUT2D eigenvalue weighted by Gasteiger charge is 2.15. The summed E-state index contributed by atoms with van der Waals surface area (Å²) in [7, 11) is 0. The lowest BCUT2D eigenvalue weighted by atomic mass is 10.1. The summed E-state index contributed by atoms with van der Waals surface area (Å²) in [6, 6.07) is 6.53. The summed E-state index contributed by atoms with van der Waals surface area (Å²) in [5.41, 5.74) is 1.02. The number of nitrogens with one attached hydrogen (secondary N) is 1. The number of hydrogen-bond acceptors (Lipinski definition) is 3. The molecule has 0 saturated heterocycles. The Balaban J connectivity index is 2.80. The normalized spacial score (nSPS) is 14.2. The average Bonchev–Trinajstić information content (AvgIpc) is 2.28. The van der Waals surface area contributed by atoms with Crippen molar-refractivity contribution in [3.8, 4) is 0 Å². The zero-order chi connectivity index (χ0) is 12.1. The van der Waals surface area contributed by atoms with E-state index in [-0.39, 0.29) is 18.6 Å². The first-order chi connectivity index (χ1) is 7.56. The summed E-state index contributed by atoms with van der Waals surface area (Å²) >= 11 is 0. The van der Waals surface area contributed by atoms with Gasteiger partial charge in [-0.05, 0) is 25.5 Å². The number of carbonyl (C=O) groups excluding carboxylic acids is 1. The molecule has 1 aromatic rings. The van der Waals surface area contributed by atoms with Crippen LogP contribution in [0.2, 0.25) is 0 Å². The third-order valence-electron chi connectivity index (χ3n) is 2.51. The molecule has 0 spiro atoms. The van der Waals surface area contributed by atoms with E-state index in [1.54, 1.807) is 38.1 Å². The Hall–Kier alpha value is -1.39. The third kappa shape index (κ3) is 3.05. The largest absolute Gasteiger partial charge is 0.392 e. The van der Waals surface area contributed by atoms with Crippen molar-refractivity contribution < 1.29 is 15.0 Å². The Morgan fingerprint density at radius 3 is 2.56 bits per heavy atom. The number of hydrogen-bond donors (Lipinski definition) is 3. The van der Waals surface area contributed by atoms with E-state index in [4.69, 9.17) is 5.11 Å². The molecule has 0 aliphatic carbocycles. The number of carbonyl (C=O) groups is 1. The van der Waals surface area contributed by atoms with E-state index in [1.807, 2.05) is 0 Å². The first-order valence-electron chi connectivity index (χ1n) is 5.24. The minimum atomic E-state index is -0.606. The molecular weight excluding hydrogens is 206 g/mol. The molecule has 1 amide bonds. The molecule has 0 aliphatic rings. The van der Waals surface area contributed by atoms with Crippen molar-refractivity contribution in [3.63, 3.8) is 0 Å². The molecule has 3 N–H and O–H groups in total. The highest BCUT2D eigenvalue weighted by molar-refractivity contribution is 5.95. The van der Waals surface area contributed by atoms with Gasteiger partial charge in [0.25, 0.3) is 5.91 Å².